The molecule has 1 aromatic rings. The molecular weight excluding hydrogens is 212 g/mol. The molecule has 72 valence electrons. The van der Waals surface area contributed by atoms with E-state index in [9.17, 15) is 13.2 Å². The van der Waals surface area contributed by atoms with Crippen LogP contribution in [0.4, 0.5) is 0 Å². The molecule has 1 amide bonds. The van der Waals surface area contributed by atoms with E-state index in [4.69, 9.17) is 5.73 Å². The van der Waals surface area contributed by atoms with E-state index in [1.165, 1.54) is 18.5 Å². The van der Waals surface area contributed by atoms with Gasteiger partial charge in [0.1, 0.15) is 0 Å². The summed E-state index contributed by atoms with van der Waals surface area (Å²) in [5.41, 5.74) is 4.97. The van der Waals surface area contributed by atoms with Crippen molar-refractivity contribution in [3.8, 4) is 0 Å². The lowest BCUT2D eigenvalue weighted by Crippen LogP contribution is -2.18. The van der Waals surface area contributed by atoms with Gasteiger partial charge in [-0.3, -0.25) is 4.79 Å². The largest absolute Gasteiger partial charge is 0.365 e. The molecule has 0 radical (unpaired) electrons. The Hall–Kier alpha value is -0.920. The number of amides is 1. The van der Waals surface area contributed by atoms with Crippen LogP contribution in [0, 0.1) is 0 Å². The van der Waals surface area contributed by atoms with Crippen molar-refractivity contribution in [1.29, 1.82) is 0 Å². The maximum Gasteiger partial charge on any atom is 0.258 e. The van der Waals surface area contributed by atoms with E-state index in [0.717, 1.165) is 11.3 Å². The summed E-state index contributed by atoms with van der Waals surface area (Å²) in [4.78, 5) is 10.9. The van der Waals surface area contributed by atoms with Crippen LogP contribution < -0.4 is 10.5 Å². The summed E-state index contributed by atoms with van der Waals surface area (Å²) < 4.78 is 24.5. The molecule has 0 saturated carbocycles. The Morgan fingerprint density at radius 1 is 1.62 bits per heavy atom. The number of primary amides is 1. The third-order valence-corrected chi connectivity index (χ3v) is 3.88. The van der Waals surface area contributed by atoms with Gasteiger partial charge < -0.3 is 5.73 Å². The zero-order chi connectivity index (χ0) is 10.1. The normalized spacial score (nSPS) is 11.5. The highest BCUT2D eigenvalue weighted by Gasteiger charge is 2.15. The van der Waals surface area contributed by atoms with Gasteiger partial charge >= 0.3 is 0 Å². The van der Waals surface area contributed by atoms with Gasteiger partial charge in [0.05, 0.1) is 9.77 Å². The summed E-state index contributed by atoms with van der Waals surface area (Å²) in [6.45, 7) is 0. The predicted molar refractivity (Wildman–Crippen MR) is 49.1 cm³/mol. The van der Waals surface area contributed by atoms with E-state index in [1.807, 2.05) is 0 Å². The molecule has 5 nitrogen and oxygen atoms in total. The second-order valence-corrected chi connectivity index (χ2v) is 5.02. The molecule has 1 heterocycles. The van der Waals surface area contributed by atoms with E-state index in [-0.39, 0.29) is 9.77 Å². The molecule has 0 aliphatic carbocycles. The van der Waals surface area contributed by atoms with Gasteiger partial charge in [-0.25, -0.2) is 13.1 Å². The minimum Gasteiger partial charge on any atom is -0.365 e. The maximum absolute atomic E-state index is 11.2. The monoisotopic (exact) mass is 220 g/mol. The average molecular weight is 220 g/mol. The summed E-state index contributed by atoms with van der Waals surface area (Å²) in [5, 5.41) is 1.37. The van der Waals surface area contributed by atoms with Gasteiger partial charge in [0, 0.05) is 5.38 Å². The van der Waals surface area contributed by atoms with E-state index in [2.05, 4.69) is 4.72 Å². The number of rotatable bonds is 3. The van der Waals surface area contributed by atoms with E-state index in [0.29, 0.717) is 0 Å². The van der Waals surface area contributed by atoms with Crippen LogP contribution in [0.2, 0.25) is 0 Å². The lowest BCUT2D eigenvalue weighted by Gasteiger charge is -1.95. The molecule has 1 aromatic heterocycles. The number of nitrogens with one attached hydrogen (secondary N) is 1. The van der Waals surface area contributed by atoms with Crippen LogP contribution in [0.15, 0.2) is 16.3 Å². The highest BCUT2D eigenvalue weighted by atomic mass is 32.2. The number of hydrogen-bond acceptors (Lipinski definition) is 4. The van der Waals surface area contributed by atoms with E-state index < -0.39 is 15.9 Å². The molecule has 0 atom stereocenters. The second kappa shape index (κ2) is 3.44. The van der Waals surface area contributed by atoms with E-state index in [1.54, 1.807) is 0 Å². The third-order valence-electron chi connectivity index (χ3n) is 1.40. The smallest absolute Gasteiger partial charge is 0.258 e. The second-order valence-electron chi connectivity index (χ2n) is 2.22. The van der Waals surface area contributed by atoms with Gasteiger partial charge in [-0.15, -0.1) is 11.3 Å². The van der Waals surface area contributed by atoms with Crippen molar-refractivity contribution in [2.75, 3.05) is 7.05 Å². The highest BCUT2D eigenvalue weighted by molar-refractivity contribution is 7.89. The van der Waals surface area contributed by atoms with Crippen LogP contribution in [0.3, 0.4) is 0 Å². The molecule has 7 heteroatoms. The standard InChI is InChI=1S/C6H8N2O3S2/c1-8-13(10,11)4-2-5(6(7)9)12-3-4/h2-3,8H,1H3,(H2,7,9). The van der Waals surface area contributed by atoms with Gasteiger partial charge in [0.15, 0.2) is 0 Å². The first-order chi connectivity index (χ1) is 5.97. The number of carbonyl (C=O) groups is 1. The Labute approximate surface area is 79.6 Å². The molecule has 0 aliphatic heterocycles. The molecule has 0 fully saturated rings. The topological polar surface area (TPSA) is 89.3 Å². The van der Waals surface area contributed by atoms with Crippen LogP contribution in [0.1, 0.15) is 9.67 Å². The lowest BCUT2D eigenvalue weighted by molar-refractivity contribution is 0.100. The number of carbonyl (C=O) groups excluding carboxylic acids is 1. The molecule has 0 saturated heterocycles. The minimum atomic E-state index is -3.46. The van der Waals surface area contributed by atoms with Crippen LogP contribution in [0.5, 0.6) is 0 Å². The molecule has 13 heavy (non-hydrogen) atoms. The average Bonchev–Trinajstić information content (AvgIpc) is 2.52. The molecule has 0 spiro atoms. The summed E-state index contributed by atoms with van der Waals surface area (Å²) in [7, 11) is -2.16. The molecule has 0 aliphatic rings. The summed E-state index contributed by atoms with van der Waals surface area (Å²) >= 11 is 1.01. The van der Waals surface area contributed by atoms with Crippen LogP contribution in [-0.2, 0) is 10.0 Å². The molecule has 0 bridgehead atoms. The van der Waals surface area contributed by atoms with Crippen molar-refractivity contribution >= 4 is 27.3 Å². The highest BCUT2D eigenvalue weighted by Crippen LogP contribution is 2.18. The van der Waals surface area contributed by atoms with Gasteiger partial charge in [-0.05, 0) is 13.1 Å². The van der Waals surface area contributed by atoms with Crippen molar-refractivity contribution in [3.63, 3.8) is 0 Å². The Bertz CT molecular complexity index is 421. The first-order valence-electron chi connectivity index (χ1n) is 3.29. The van der Waals surface area contributed by atoms with Gasteiger partial charge in [0.2, 0.25) is 10.0 Å². The maximum atomic E-state index is 11.2. The number of thiophene rings is 1. The number of nitrogens with two attached hydrogens (primary N) is 1. The zero-order valence-electron chi connectivity index (χ0n) is 6.77. The van der Waals surface area contributed by atoms with Crippen LogP contribution in [0.25, 0.3) is 0 Å². The molecular formula is C6H8N2O3S2. The Kier molecular flexibility index (Phi) is 2.69. The van der Waals surface area contributed by atoms with Crippen molar-refractivity contribution in [1.82, 2.24) is 4.72 Å². The Morgan fingerprint density at radius 3 is 2.62 bits per heavy atom. The summed E-state index contributed by atoms with van der Waals surface area (Å²) in [5.74, 6) is -0.623. The predicted octanol–water partition coefficient (Wildman–Crippen LogP) is -0.245. The van der Waals surface area contributed by atoms with Gasteiger partial charge in [0.25, 0.3) is 5.91 Å². The first-order valence-corrected chi connectivity index (χ1v) is 5.65. The fraction of sp³-hybridized carbons (Fsp3) is 0.167. The van der Waals surface area contributed by atoms with Crippen molar-refractivity contribution in [2.45, 2.75) is 4.90 Å². The fourth-order valence-corrected chi connectivity index (χ4v) is 2.56. The third kappa shape index (κ3) is 2.06. The minimum absolute atomic E-state index is 0.0637. The quantitative estimate of drug-likeness (QED) is 0.736. The van der Waals surface area contributed by atoms with Gasteiger partial charge in [-0.2, -0.15) is 0 Å². The van der Waals surface area contributed by atoms with E-state index >= 15 is 0 Å². The van der Waals surface area contributed by atoms with Crippen LogP contribution in [-0.4, -0.2) is 21.4 Å². The first kappa shape index (κ1) is 10.2. The molecule has 1 rings (SSSR count). The molecule has 0 aromatic carbocycles. The number of hydrogen-bond donors (Lipinski definition) is 2. The zero-order valence-corrected chi connectivity index (χ0v) is 8.41. The lowest BCUT2D eigenvalue weighted by atomic mass is 10.5. The Morgan fingerprint density at radius 2 is 2.23 bits per heavy atom. The van der Waals surface area contributed by atoms with Crippen molar-refractivity contribution < 1.29 is 13.2 Å². The molecule has 0 unspecified atom stereocenters. The fourth-order valence-electron chi connectivity index (χ4n) is 0.707. The van der Waals surface area contributed by atoms with Gasteiger partial charge in [-0.1, -0.05) is 0 Å². The summed E-state index contributed by atoms with van der Waals surface area (Å²) in [6, 6.07) is 1.25. The summed E-state index contributed by atoms with van der Waals surface area (Å²) in [6.07, 6.45) is 0. The SMILES string of the molecule is CNS(=O)(=O)c1csc(C(N)=O)c1. The number of sulfonamides is 1. The van der Waals surface area contributed by atoms with Crippen molar-refractivity contribution in [2.24, 2.45) is 5.73 Å². The van der Waals surface area contributed by atoms with Crippen molar-refractivity contribution in [3.05, 3.63) is 16.3 Å². The Balaban J connectivity index is 3.13. The molecule has 3 N–H and O–H groups in total. The van der Waals surface area contributed by atoms with Crippen LogP contribution >= 0.6 is 11.3 Å².